The molecule has 0 aromatic heterocycles. The van der Waals surface area contributed by atoms with E-state index in [2.05, 4.69) is 0 Å². The first-order valence-corrected chi connectivity index (χ1v) is 8.73. The van der Waals surface area contributed by atoms with Crippen LogP contribution >= 0.6 is 11.6 Å². The van der Waals surface area contributed by atoms with E-state index in [4.69, 9.17) is 17.3 Å². The van der Waals surface area contributed by atoms with Gasteiger partial charge in [-0.25, -0.2) is 8.42 Å². The van der Waals surface area contributed by atoms with Gasteiger partial charge in [0.1, 0.15) is 0 Å². The highest BCUT2D eigenvalue weighted by molar-refractivity contribution is 7.89. The average molecular weight is 317 g/mol. The Kier molecular flexibility index (Phi) is 4.62. The Hall–Kier alpha value is -0.780. The van der Waals surface area contributed by atoms with Gasteiger partial charge in [-0.15, -0.1) is 0 Å². The molecular formula is C14H21ClN2O2S. The van der Waals surface area contributed by atoms with E-state index < -0.39 is 10.0 Å². The lowest BCUT2D eigenvalue weighted by Crippen LogP contribution is -2.33. The Morgan fingerprint density at radius 2 is 2.05 bits per heavy atom. The largest absolute Gasteiger partial charge is 0.397 e. The van der Waals surface area contributed by atoms with E-state index in [1.54, 1.807) is 17.3 Å². The highest BCUT2D eigenvalue weighted by Gasteiger charge is 2.31. The van der Waals surface area contributed by atoms with Crippen molar-refractivity contribution < 1.29 is 8.42 Å². The molecule has 4 nitrogen and oxygen atoms in total. The highest BCUT2D eigenvalue weighted by atomic mass is 35.5. The normalized spacial score (nSPS) is 15.8. The zero-order chi connectivity index (χ0) is 14.9. The molecule has 0 spiro atoms. The van der Waals surface area contributed by atoms with E-state index in [0.29, 0.717) is 35.3 Å². The quantitative estimate of drug-likeness (QED) is 0.820. The lowest BCUT2D eigenvalue weighted by atomic mass is 10.2. The molecule has 1 aromatic rings. The number of rotatable bonds is 6. The second-order valence-electron chi connectivity index (χ2n) is 5.45. The molecule has 20 heavy (non-hydrogen) atoms. The number of aryl methyl sites for hydroxylation is 1. The van der Waals surface area contributed by atoms with Gasteiger partial charge in [0.15, 0.2) is 0 Å². The third-order valence-corrected chi connectivity index (χ3v) is 5.88. The van der Waals surface area contributed by atoms with Gasteiger partial charge in [-0.2, -0.15) is 4.31 Å². The molecule has 1 aromatic carbocycles. The number of benzene rings is 1. The molecule has 0 amide bonds. The number of halogens is 1. The van der Waals surface area contributed by atoms with E-state index in [9.17, 15) is 8.42 Å². The van der Waals surface area contributed by atoms with Gasteiger partial charge < -0.3 is 5.73 Å². The molecule has 2 rings (SSSR count). The Morgan fingerprint density at radius 3 is 2.55 bits per heavy atom. The molecule has 0 bridgehead atoms. The smallest absolute Gasteiger partial charge is 0.243 e. The Morgan fingerprint density at radius 1 is 1.40 bits per heavy atom. The lowest BCUT2D eigenvalue weighted by molar-refractivity contribution is 0.395. The van der Waals surface area contributed by atoms with Gasteiger partial charge in [0.25, 0.3) is 0 Å². The molecule has 1 aliphatic carbocycles. The summed E-state index contributed by atoms with van der Waals surface area (Å²) in [6.07, 6.45) is 3.04. The average Bonchev–Trinajstić information content (AvgIpc) is 3.18. The van der Waals surface area contributed by atoms with Gasteiger partial charge in [0.2, 0.25) is 10.0 Å². The molecule has 0 unspecified atom stereocenters. The van der Waals surface area contributed by atoms with Crippen molar-refractivity contribution in [1.82, 2.24) is 4.31 Å². The standard InChI is InChI=1S/C14H21ClN2O2S/c1-3-6-17(9-11-4-5-11)20(18,19)12-7-10(2)14(15)13(16)8-12/h7-8,11H,3-6,9,16H2,1-2H3. The van der Waals surface area contributed by atoms with E-state index >= 15 is 0 Å². The molecule has 6 heteroatoms. The van der Waals surface area contributed by atoms with Crippen LogP contribution in [0.25, 0.3) is 0 Å². The summed E-state index contributed by atoms with van der Waals surface area (Å²) in [5.74, 6) is 0.516. The highest BCUT2D eigenvalue weighted by Crippen LogP contribution is 2.33. The number of nitrogen functional groups attached to an aromatic ring is 1. The van der Waals surface area contributed by atoms with E-state index in [1.165, 1.54) is 6.07 Å². The number of hydrogen-bond acceptors (Lipinski definition) is 3. The third kappa shape index (κ3) is 3.27. The molecule has 0 radical (unpaired) electrons. The first-order chi connectivity index (χ1) is 9.36. The van der Waals surface area contributed by atoms with Crippen molar-refractivity contribution in [2.24, 2.45) is 5.92 Å². The van der Waals surface area contributed by atoms with Gasteiger partial charge in [0, 0.05) is 13.1 Å². The topological polar surface area (TPSA) is 63.4 Å². The number of nitrogens with zero attached hydrogens (tertiary/aromatic N) is 1. The fraction of sp³-hybridized carbons (Fsp3) is 0.571. The molecule has 1 saturated carbocycles. The van der Waals surface area contributed by atoms with Crippen LogP contribution in [0.5, 0.6) is 0 Å². The van der Waals surface area contributed by atoms with Crippen LogP contribution in [0.1, 0.15) is 31.7 Å². The van der Waals surface area contributed by atoms with Crippen LogP contribution in [-0.4, -0.2) is 25.8 Å². The van der Waals surface area contributed by atoms with E-state index in [-0.39, 0.29) is 4.90 Å². The molecular weight excluding hydrogens is 296 g/mol. The van der Waals surface area contributed by atoms with Crippen molar-refractivity contribution in [1.29, 1.82) is 0 Å². The molecule has 1 fully saturated rings. The molecule has 0 aliphatic heterocycles. The van der Waals surface area contributed by atoms with Crippen molar-refractivity contribution in [2.75, 3.05) is 18.8 Å². The number of anilines is 1. The molecule has 0 saturated heterocycles. The predicted octanol–water partition coefficient (Wildman–Crippen LogP) is 3.04. The van der Waals surface area contributed by atoms with Gasteiger partial charge in [0.05, 0.1) is 15.6 Å². The Balaban J connectivity index is 2.35. The molecule has 112 valence electrons. The minimum Gasteiger partial charge on any atom is -0.397 e. The zero-order valence-electron chi connectivity index (χ0n) is 11.9. The van der Waals surface area contributed by atoms with Crippen LogP contribution in [0.2, 0.25) is 5.02 Å². The SMILES string of the molecule is CCCN(CC1CC1)S(=O)(=O)c1cc(C)c(Cl)c(N)c1. The third-order valence-electron chi connectivity index (χ3n) is 3.53. The van der Waals surface area contributed by atoms with Crippen molar-refractivity contribution >= 4 is 27.3 Å². The van der Waals surface area contributed by atoms with E-state index in [0.717, 1.165) is 19.3 Å². The fourth-order valence-electron chi connectivity index (χ4n) is 2.21. The van der Waals surface area contributed by atoms with Crippen molar-refractivity contribution in [3.8, 4) is 0 Å². The number of sulfonamides is 1. The zero-order valence-corrected chi connectivity index (χ0v) is 13.5. The van der Waals surface area contributed by atoms with Crippen molar-refractivity contribution in [2.45, 2.75) is 38.0 Å². The van der Waals surface area contributed by atoms with Crippen LogP contribution in [0.3, 0.4) is 0 Å². The van der Waals surface area contributed by atoms with Crippen molar-refractivity contribution in [3.05, 3.63) is 22.7 Å². The summed E-state index contributed by atoms with van der Waals surface area (Å²) in [5, 5.41) is 0.424. The second kappa shape index (κ2) is 5.92. The minimum atomic E-state index is -3.49. The summed E-state index contributed by atoms with van der Waals surface area (Å²) in [6, 6.07) is 3.06. The van der Waals surface area contributed by atoms with Crippen LogP contribution in [0.4, 0.5) is 5.69 Å². The maximum Gasteiger partial charge on any atom is 0.243 e. The predicted molar refractivity (Wildman–Crippen MR) is 82.4 cm³/mol. The summed E-state index contributed by atoms with van der Waals surface area (Å²) in [7, 11) is -3.49. The lowest BCUT2D eigenvalue weighted by Gasteiger charge is -2.22. The summed E-state index contributed by atoms with van der Waals surface area (Å²) in [4.78, 5) is 0.242. The Labute approximate surface area is 126 Å². The molecule has 2 N–H and O–H groups in total. The monoisotopic (exact) mass is 316 g/mol. The van der Waals surface area contributed by atoms with E-state index in [1.807, 2.05) is 6.92 Å². The molecule has 0 atom stereocenters. The summed E-state index contributed by atoms with van der Waals surface area (Å²) >= 11 is 6.00. The summed E-state index contributed by atoms with van der Waals surface area (Å²) < 4.78 is 27.0. The van der Waals surface area contributed by atoms with Gasteiger partial charge >= 0.3 is 0 Å². The summed E-state index contributed by atoms with van der Waals surface area (Å²) in [6.45, 7) is 4.90. The van der Waals surface area contributed by atoms with Crippen LogP contribution in [0.15, 0.2) is 17.0 Å². The first kappa shape index (κ1) is 15.6. The number of nitrogens with two attached hydrogens (primary N) is 1. The van der Waals surface area contributed by atoms with Crippen LogP contribution < -0.4 is 5.73 Å². The second-order valence-corrected chi connectivity index (χ2v) is 7.77. The first-order valence-electron chi connectivity index (χ1n) is 6.92. The summed E-state index contributed by atoms with van der Waals surface area (Å²) in [5.41, 5.74) is 6.79. The number of hydrogen-bond donors (Lipinski definition) is 1. The van der Waals surface area contributed by atoms with Crippen LogP contribution in [-0.2, 0) is 10.0 Å². The van der Waals surface area contributed by atoms with Crippen molar-refractivity contribution in [3.63, 3.8) is 0 Å². The molecule has 1 aliphatic rings. The Bertz CT molecular complexity index is 574. The fourth-order valence-corrected chi connectivity index (χ4v) is 4.05. The van der Waals surface area contributed by atoms with Gasteiger partial charge in [-0.1, -0.05) is 18.5 Å². The van der Waals surface area contributed by atoms with Crippen LogP contribution in [0, 0.1) is 12.8 Å². The molecule has 0 heterocycles. The minimum absolute atomic E-state index is 0.242. The van der Waals surface area contributed by atoms with Gasteiger partial charge in [-0.05, 0) is 49.8 Å². The maximum absolute atomic E-state index is 12.7. The maximum atomic E-state index is 12.7. The van der Waals surface area contributed by atoms with Gasteiger partial charge in [-0.3, -0.25) is 0 Å².